The lowest BCUT2D eigenvalue weighted by molar-refractivity contribution is 0.477. The second-order valence-electron chi connectivity index (χ2n) is 5.30. The molecule has 2 N–H and O–H groups in total. The van der Waals surface area contributed by atoms with E-state index in [0.717, 1.165) is 27.6 Å². The molecule has 0 saturated carbocycles. The van der Waals surface area contributed by atoms with E-state index >= 15 is 0 Å². The molecule has 0 bridgehead atoms. The fourth-order valence-electron chi connectivity index (χ4n) is 2.84. The van der Waals surface area contributed by atoms with Gasteiger partial charge in [-0.1, -0.05) is 24.3 Å². The Morgan fingerprint density at radius 1 is 1.14 bits per heavy atom. The zero-order chi connectivity index (χ0) is 15.3. The Labute approximate surface area is 125 Å². The van der Waals surface area contributed by atoms with Crippen molar-refractivity contribution in [3.05, 3.63) is 64.6 Å². The van der Waals surface area contributed by atoms with E-state index in [1.165, 1.54) is 0 Å². The van der Waals surface area contributed by atoms with Crippen LogP contribution < -0.4 is 5.69 Å². The largest absolute Gasteiger partial charge is 0.507 e. The smallest absolute Gasteiger partial charge is 0.348 e. The number of nitrogens with one attached hydrogen (secondary N) is 1. The molecule has 0 aliphatic rings. The minimum Gasteiger partial charge on any atom is -0.507 e. The maximum atomic E-state index is 11.9. The first-order valence-electron chi connectivity index (χ1n) is 6.94. The number of phenols is 1. The fourth-order valence-corrected chi connectivity index (χ4v) is 2.84. The van der Waals surface area contributed by atoms with Crippen LogP contribution in [-0.2, 0) is 0 Å². The second-order valence-corrected chi connectivity index (χ2v) is 5.30. The van der Waals surface area contributed by atoms with Crippen LogP contribution in [-0.4, -0.2) is 19.7 Å². The van der Waals surface area contributed by atoms with Gasteiger partial charge in [-0.2, -0.15) is 5.10 Å². The molecule has 2 heterocycles. The summed E-state index contributed by atoms with van der Waals surface area (Å²) in [6.45, 7) is 1.98. The highest BCUT2D eigenvalue weighted by Crippen LogP contribution is 2.31. The Morgan fingerprint density at radius 3 is 2.77 bits per heavy atom. The average Bonchev–Trinajstić information content (AvgIpc) is 2.89. The van der Waals surface area contributed by atoms with Gasteiger partial charge in [-0.15, -0.1) is 0 Å². The van der Waals surface area contributed by atoms with Crippen molar-refractivity contribution in [2.45, 2.75) is 6.92 Å². The fraction of sp³-hybridized carbons (Fsp3) is 0.0588. The van der Waals surface area contributed by atoms with Crippen LogP contribution in [0.25, 0.3) is 27.7 Å². The Bertz CT molecular complexity index is 1080. The van der Waals surface area contributed by atoms with E-state index in [0.29, 0.717) is 5.65 Å². The molecule has 0 spiro atoms. The van der Waals surface area contributed by atoms with Gasteiger partial charge in [-0.25, -0.2) is 14.3 Å². The summed E-state index contributed by atoms with van der Waals surface area (Å²) in [5.41, 5.74) is 3.85. The summed E-state index contributed by atoms with van der Waals surface area (Å²) in [4.78, 5) is 11.9. The molecule has 0 fully saturated rings. The third-order valence-electron chi connectivity index (χ3n) is 3.92. The summed E-state index contributed by atoms with van der Waals surface area (Å²) < 4.78 is 1.55. The number of aryl methyl sites for hydroxylation is 1. The predicted octanol–water partition coefficient (Wildman–Crippen LogP) is 2.86. The van der Waals surface area contributed by atoms with Crippen molar-refractivity contribution >= 4 is 16.6 Å². The number of aromatic nitrogens is 3. The first-order valence-corrected chi connectivity index (χ1v) is 6.94. The first kappa shape index (κ1) is 12.6. The molecule has 2 aromatic heterocycles. The number of para-hydroxylation sites is 1. The molecule has 0 amide bonds. The van der Waals surface area contributed by atoms with E-state index in [-0.39, 0.29) is 11.4 Å². The predicted molar refractivity (Wildman–Crippen MR) is 85.2 cm³/mol. The van der Waals surface area contributed by atoms with Crippen molar-refractivity contribution in [1.82, 2.24) is 14.6 Å². The van der Waals surface area contributed by atoms with E-state index < -0.39 is 0 Å². The van der Waals surface area contributed by atoms with Gasteiger partial charge in [-0.05, 0) is 42.3 Å². The third-order valence-corrected chi connectivity index (χ3v) is 3.92. The first-order chi connectivity index (χ1) is 10.6. The van der Waals surface area contributed by atoms with Gasteiger partial charge in [0.15, 0.2) is 5.65 Å². The Morgan fingerprint density at radius 2 is 1.95 bits per heavy atom. The van der Waals surface area contributed by atoms with Gasteiger partial charge >= 0.3 is 5.69 Å². The van der Waals surface area contributed by atoms with Crippen LogP contribution in [0, 0.1) is 6.92 Å². The number of pyridine rings is 1. The zero-order valence-electron chi connectivity index (χ0n) is 11.9. The molecular formula is C17H13N3O2. The molecule has 4 aromatic rings. The van der Waals surface area contributed by atoms with Crippen LogP contribution in [0.2, 0.25) is 0 Å². The molecule has 0 unspecified atom stereocenters. The number of hydrogen-bond donors (Lipinski definition) is 2. The standard InChI is InChI=1S/C17H13N3O2/c1-10-8-16-18-19-17(22)20(16)14-7-6-11(9-13(10)14)12-4-2-3-5-15(12)21/h2-9,21H,1H3,(H,19,22). The molecule has 108 valence electrons. The third kappa shape index (κ3) is 1.72. The van der Waals surface area contributed by atoms with Crippen molar-refractivity contribution < 1.29 is 5.11 Å². The topological polar surface area (TPSA) is 70.4 Å². The van der Waals surface area contributed by atoms with Crippen LogP contribution in [0.15, 0.2) is 53.3 Å². The van der Waals surface area contributed by atoms with Gasteiger partial charge in [0.1, 0.15) is 5.75 Å². The number of nitrogens with zero attached hydrogens (tertiary/aromatic N) is 2. The molecule has 0 aliphatic heterocycles. The Hall–Kier alpha value is -3.08. The highest BCUT2D eigenvalue weighted by Gasteiger charge is 2.10. The van der Waals surface area contributed by atoms with Crippen LogP contribution in [0.3, 0.4) is 0 Å². The molecule has 5 heteroatoms. The van der Waals surface area contributed by atoms with Crippen LogP contribution >= 0.6 is 0 Å². The van der Waals surface area contributed by atoms with Crippen molar-refractivity contribution in [1.29, 1.82) is 0 Å². The summed E-state index contributed by atoms with van der Waals surface area (Å²) in [7, 11) is 0. The van der Waals surface area contributed by atoms with Gasteiger partial charge in [0, 0.05) is 10.9 Å². The van der Waals surface area contributed by atoms with Crippen molar-refractivity contribution in [3.63, 3.8) is 0 Å². The highest BCUT2D eigenvalue weighted by atomic mass is 16.3. The minimum atomic E-state index is -0.254. The van der Waals surface area contributed by atoms with Gasteiger partial charge in [0.25, 0.3) is 0 Å². The maximum Gasteiger partial charge on any atom is 0.348 e. The SMILES string of the molecule is Cc1cc2n[nH]c(=O)n2c2ccc(-c3ccccc3O)cc12. The summed E-state index contributed by atoms with van der Waals surface area (Å²) >= 11 is 0. The summed E-state index contributed by atoms with van der Waals surface area (Å²) in [5, 5.41) is 17.5. The molecule has 0 aliphatic carbocycles. The number of benzene rings is 2. The molecule has 0 saturated heterocycles. The second kappa shape index (κ2) is 4.46. The summed E-state index contributed by atoms with van der Waals surface area (Å²) in [6.07, 6.45) is 0. The summed E-state index contributed by atoms with van der Waals surface area (Å²) in [6, 6.07) is 14.8. The van der Waals surface area contributed by atoms with Gasteiger partial charge in [0.05, 0.1) is 5.52 Å². The van der Waals surface area contributed by atoms with Crippen LogP contribution in [0.4, 0.5) is 0 Å². The van der Waals surface area contributed by atoms with Gasteiger partial charge in [0.2, 0.25) is 0 Å². The number of phenolic OH excluding ortho intramolecular Hbond substituents is 1. The minimum absolute atomic E-state index is 0.237. The van der Waals surface area contributed by atoms with E-state index in [2.05, 4.69) is 10.2 Å². The molecule has 4 rings (SSSR count). The number of H-pyrrole nitrogens is 1. The van der Waals surface area contributed by atoms with Crippen molar-refractivity contribution in [2.24, 2.45) is 0 Å². The number of aromatic hydroxyl groups is 1. The molecule has 0 radical (unpaired) electrons. The van der Waals surface area contributed by atoms with Crippen molar-refractivity contribution in [3.8, 4) is 16.9 Å². The van der Waals surface area contributed by atoms with Crippen molar-refractivity contribution in [2.75, 3.05) is 0 Å². The lowest BCUT2D eigenvalue weighted by atomic mass is 10.0. The lowest BCUT2D eigenvalue weighted by Crippen LogP contribution is -2.10. The number of fused-ring (bicyclic) bond motifs is 3. The number of rotatable bonds is 1. The quantitative estimate of drug-likeness (QED) is 0.566. The van der Waals surface area contributed by atoms with Gasteiger partial charge < -0.3 is 5.11 Å². The van der Waals surface area contributed by atoms with E-state index in [1.54, 1.807) is 16.5 Å². The number of hydrogen-bond acceptors (Lipinski definition) is 3. The zero-order valence-corrected chi connectivity index (χ0v) is 11.9. The van der Waals surface area contributed by atoms with Gasteiger partial charge in [-0.3, -0.25) is 0 Å². The molecule has 5 nitrogen and oxygen atoms in total. The molecule has 0 atom stereocenters. The lowest BCUT2D eigenvalue weighted by Gasteiger charge is -2.09. The normalized spacial score (nSPS) is 11.3. The highest BCUT2D eigenvalue weighted by molar-refractivity contribution is 5.90. The molecular weight excluding hydrogens is 278 g/mol. The number of aromatic amines is 1. The van der Waals surface area contributed by atoms with E-state index in [1.807, 2.05) is 43.3 Å². The Balaban J connectivity index is 2.08. The maximum absolute atomic E-state index is 11.9. The van der Waals surface area contributed by atoms with E-state index in [4.69, 9.17) is 0 Å². The summed E-state index contributed by atoms with van der Waals surface area (Å²) in [5.74, 6) is 0.237. The van der Waals surface area contributed by atoms with Crippen LogP contribution in [0.1, 0.15) is 5.56 Å². The van der Waals surface area contributed by atoms with E-state index in [9.17, 15) is 9.90 Å². The Kier molecular flexibility index (Phi) is 2.56. The van der Waals surface area contributed by atoms with Crippen LogP contribution in [0.5, 0.6) is 5.75 Å². The average molecular weight is 291 g/mol. The molecule has 22 heavy (non-hydrogen) atoms. The monoisotopic (exact) mass is 291 g/mol. The molecule has 2 aromatic carbocycles.